The van der Waals surface area contributed by atoms with Crippen LogP contribution in [0.3, 0.4) is 0 Å². The van der Waals surface area contributed by atoms with Gasteiger partial charge in [-0.3, -0.25) is 0 Å². The molecule has 0 amide bonds. The zero-order valence-electron chi connectivity index (χ0n) is 14.9. The molecule has 0 atom stereocenters. The van der Waals surface area contributed by atoms with E-state index in [1.807, 2.05) is 29.1 Å². The van der Waals surface area contributed by atoms with Crippen molar-refractivity contribution in [3.05, 3.63) is 59.8 Å². The molecule has 0 saturated carbocycles. The van der Waals surface area contributed by atoms with Crippen molar-refractivity contribution in [3.63, 3.8) is 0 Å². The summed E-state index contributed by atoms with van der Waals surface area (Å²) < 4.78 is 1.82. The third-order valence-electron chi connectivity index (χ3n) is 4.75. The fourth-order valence-electron chi connectivity index (χ4n) is 3.25. The van der Waals surface area contributed by atoms with E-state index in [4.69, 9.17) is 0 Å². The van der Waals surface area contributed by atoms with Crippen molar-refractivity contribution in [2.24, 2.45) is 0 Å². The molecule has 1 fully saturated rings. The number of hydrogen-bond acceptors (Lipinski definition) is 6. The number of aryl methyl sites for hydroxylation is 1. The molecule has 1 aliphatic heterocycles. The molecule has 134 valence electrons. The maximum atomic E-state index is 4.53. The largest absolute Gasteiger partial charge is 0.356 e. The van der Waals surface area contributed by atoms with Gasteiger partial charge in [-0.1, -0.05) is 41.5 Å². The molecule has 3 aromatic rings. The summed E-state index contributed by atoms with van der Waals surface area (Å²) in [6, 6.07) is 14.8. The van der Waals surface area contributed by atoms with Crippen LogP contribution in [0.5, 0.6) is 0 Å². The summed E-state index contributed by atoms with van der Waals surface area (Å²) >= 11 is 0. The van der Waals surface area contributed by atoms with Gasteiger partial charge in [-0.2, -0.15) is 0 Å². The first-order valence-corrected chi connectivity index (χ1v) is 9.02. The van der Waals surface area contributed by atoms with E-state index in [1.165, 1.54) is 11.1 Å². The Morgan fingerprint density at radius 3 is 2.62 bits per heavy atom. The number of rotatable bonds is 5. The van der Waals surface area contributed by atoms with Crippen LogP contribution in [0.1, 0.15) is 24.0 Å². The van der Waals surface area contributed by atoms with E-state index in [1.54, 1.807) is 0 Å². The highest BCUT2D eigenvalue weighted by Crippen LogP contribution is 2.20. The van der Waals surface area contributed by atoms with Crippen LogP contribution < -0.4 is 10.2 Å². The topological polar surface area (TPSA) is 71.8 Å². The van der Waals surface area contributed by atoms with Gasteiger partial charge < -0.3 is 10.2 Å². The molecule has 2 aromatic heterocycles. The smallest absolute Gasteiger partial charge is 0.243 e. The monoisotopic (exact) mass is 349 g/mol. The molecular weight excluding hydrogens is 326 g/mol. The minimum Gasteiger partial charge on any atom is -0.356 e. The van der Waals surface area contributed by atoms with E-state index in [9.17, 15) is 0 Å². The standard InChI is InChI=1S/C19H23N7/c1-15-7-8-18(20-13-15)25-11-9-17(10-12-25)21-19-22-23-24-26(19)14-16-5-3-2-4-6-16/h2-8,13,17H,9-12,14H2,1H3,(H,21,22,24). The normalized spacial score (nSPS) is 15.2. The predicted octanol–water partition coefficient (Wildman–Crippen LogP) is 2.51. The van der Waals surface area contributed by atoms with Crippen molar-refractivity contribution in [2.45, 2.75) is 32.4 Å². The van der Waals surface area contributed by atoms with Crippen LogP contribution in [0.15, 0.2) is 48.7 Å². The molecular formula is C19H23N7. The second kappa shape index (κ2) is 7.51. The van der Waals surface area contributed by atoms with Crippen LogP contribution in [-0.4, -0.2) is 44.3 Å². The Labute approximate surface area is 153 Å². The van der Waals surface area contributed by atoms with Crippen LogP contribution in [0.2, 0.25) is 0 Å². The minimum absolute atomic E-state index is 0.372. The van der Waals surface area contributed by atoms with Gasteiger partial charge in [0, 0.05) is 25.3 Å². The van der Waals surface area contributed by atoms with E-state index >= 15 is 0 Å². The Bertz CT molecular complexity index is 821. The second-order valence-electron chi connectivity index (χ2n) is 6.75. The summed E-state index contributed by atoms with van der Waals surface area (Å²) in [7, 11) is 0. The minimum atomic E-state index is 0.372. The average molecular weight is 349 g/mol. The van der Waals surface area contributed by atoms with Gasteiger partial charge in [-0.15, -0.1) is 0 Å². The molecule has 7 heteroatoms. The summed E-state index contributed by atoms with van der Waals surface area (Å²) in [4.78, 5) is 6.87. The first-order chi connectivity index (χ1) is 12.8. The van der Waals surface area contributed by atoms with Crippen molar-refractivity contribution in [2.75, 3.05) is 23.3 Å². The third kappa shape index (κ3) is 3.82. The molecule has 4 rings (SSSR count). The first kappa shape index (κ1) is 16.5. The Morgan fingerprint density at radius 2 is 1.88 bits per heavy atom. The number of pyridine rings is 1. The lowest BCUT2D eigenvalue weighted by molar-refractivity contribution is 0.516. The molecule has 1 aromatic carbocycles. The van der Waals surface area contributed by atoms with Gasteiger partial charge in [-0.25, -0.2) is 9.67 Å². The Hall–Kier alpha value is -2.96. The zero-order valence-corrected chi connectivity index (χ0v) is 14.9. The van der Waals surface area contributed by atoms with E-state index in [-0.39, 0.29) is 0 Å². The maximum Gasteiger partial charge on any atom is 0.243 e. The van der Waals surface area contributed by atoms with Gasteiger partial charge in [-0.05, 0) is 47.4 Å². The van der Waals surface area contributed by atoms with Crippen molar-refractivity contribution in [3.8, 4) is 0 Å². The van der Waals surface area contributed by atoms with Crippen LogP contribution in [0.4, 0.5) is 11.8 Å². The fraction of sp³-hybridized carbons (Fsp3) is 0.368. The summed E-state index contributed by atoms with van der Waals surface area (Å²) in [5, 5.41) is 15.6. The number of hydrogen-bond donors (Lipinski definition) is 1. The van der Waals surface area contributed by atoms with Gasteiger partial charge in [0.15, 0.2) is 0 Å². The van der Waals surface area contributed by atoms with Gasteiger partial charge in [0.05, 0.1) is 6.54 Å². The van der Waals surface area contributed by atoms with Gasteiger partial charge in [0.1, 0.15) is 5.82 Å². The Morgan fingerprint density at radius 1 is 1.08 bits per heavy atom. The molecule has 7 nitrogen and oxygen atoms in total. The maximum absolute atomic E-state index is 4.53. The number of nitrogens with zero attached hydrogens (tertiary/aromatic N) is 6. The van der Waals surface area contributed by atoms with E-state index in [2.05, 4.69) is 61.9 Å². The molecule has 1 saturated heterocycles. The molecule has 0 unspecified atom stereocenters. The second-order valence-corrected chi connectivity index (χ2v) is 6.75. The van der Waals surface area contributed by atoms with Crippen LogP contribution in [0.25, 0.3) is 0 Å². The Balaban J connectivity index is 1.35. The van der Waals surface area contributed by atoms with E-state index in [0.717, 1.165) is 37.7 Å². The van der Waals surface area contributed by atoms with Gasteiger partial charge in [0.2, 0.25) is 5.95 Å². The molecule has 0 spiro atoms. The highest BCUT2D eigenvalue weighted by atomic mass is 15.6. The number of piperidine rings is 1. The van der Waals surface area contributed by atoms with Crippen LogP contribution in [0, 0.1) is 6.92 Å². The van der Waals surface area contributed by atoms with Crippen LogP contribution in [-0.2, 0) is 6.54 Å². The third-order valence-corrected chi connectivity index (χ3v) is 4.75. The number of tetrazole rings is 1. The first-order valence-electron chi connectivity index (χ1n) is 9.02. The number of nitrogens with one attached hydrogen (secondary N) is 1. The van der Waals surface area contributed by atoms with Crippen LogP contribution >= 0.6 is 0 Å². The lowest BCUT2D eigenvalue weighted by atomic mass is 10.1. The zero-order chi connectivity index (χ0) is 17.8. The molecule has 1 N–H and O–H groups in total. The van der Waals surface area contributed by atoms with Gasteiger partial charge in [0.25, 0.3) is 0 Å². The highest BCUT2D eigenvalue weighted by molar-refractivity contribution is 5.40. The SMILES string of the molecule is Cc1ccc(N2CCC(Nc3nnnn3Cc3ccccc3)CC2)nc1. The quantitative estimate of drug-likeness (QED) is 0.763. The molecule has 26 heavy (non-hydrogen) atoms. The molecule has 3 heterocycles. The summed E-state index contributed by atoms with van der Waals surface area (Å²) in [5.41, 5.74) is 2.37. The van der Waals surface area contributed by atoms with Crippen molar-refractivity contribution < 1.29 is 0 Å². The number of aromatic nitrogens is 5. The summed E-state index contributed by atoms with van der Waals surface area (Å²) in [6.45, 7) is 4.69. The Kier molecular flexibility index (Phi) is 4.77. The summed E-state index contributed by atoms with van der Waals surface area (Å²) in [6.07, 6.45) is 4.00. The highest BCUT2D eigenvalue weighted by Gasteiger charge is 2.21. The lowest BCUT2D eigenvalue weighted by Gasteiger charge is -2.33. The average Bonchev–Trinajstić information content (AvgIpc) is 3.11. The fourth-order valence-corrected chi connectivity index (χ4v) is 3.25. The molecule has 0 aliphatic carbocycles. The molecule has 0 radical (unpaired) electrons. The van der Waals surface area contributed by atoms with Crippen molar-refractivity contribution in [1.29, 1.82) is 0 Å². The molecule has 0 bridgehead atoms. The summed E-state index contributed by atoms with van der Waals surface area (Å²) in [5.74, 6) is 1.80. The van der Waals surface area contributed by atoms with Crippen molar-refractivity contribution >= 4 is 11.8 Å². The molecule has 1 aliphatic rings. The number of benzene rings is 1. The predicted molar refractivity (Wildman–Crippen MR) is 101 cm³/mol. The van der Waals surface area contributed by atoms with E-state index in [0.29, 0.717) is 12.6 Å². The van der Waals surface area contributed by atoms with E-state index < -0.39 is 0 Å². The lowest BCUT2D eigenvalue weighted by Crippen LogP contribution is -2.40. The van der Waals surface area contributed by atoms with Gasteiger partial charge >= 0.3 is 0 Å². The number of anilines is 2. The van der Waals surface area contributed by atoms with Crippen molar-refractivity contribution in [1.82, 2.24) is 25.2 Å².